The first-order valence-corrected chi connectivity index (χ1v) is 11.1. The molecule has 0 saturated heterocycles. The molecule has 0 radical (unpaired) electrons. The van der Waals surface area contributed by atoms with Gasteiger partial charge < -0.3 is 5.11 Å². The van der Waals surface area contributed by atoms with E-state index in [-0.39, 0.29) is 17.3 Å². The van der Waals surface area contributed by atoms with Crippen LogP contribution in [0.2, 0.25) is 0 Å². The van der Waals surface area contributed by atoms with E-state index in [1.54, 1.807) is 0 Å². The summed E-state index contributed by atoms with van der Waals surface area (Å²) in [7, 11) is 0. The van der Waals surface area contributed by atoms with E-state index in [4.69, 9.17) is 0 Å². The van der Waals surface area contributed by atoms with Crippen molar-refractivity contribution in [2.75, 3.05) is 0 Å². The highest BCUT2D eigenvalue weighted by Gasteiger charge is 2.62. The minimum atomic E-state index is -0.677. The Hall–Kier alpha value is -0.600. The summed E-state index contributed by atoms with van der Waals surface area (Å²) in [5.74, 6) is 1.38. The van der Waals surface area contributed by atoms with E-state index in [9.17, 15) is 9.90 Å². The summed E-state index contributed by atoms with van der Waals surface area (Å²) in [6.07, 6.45) is 10.7. The van der Waals surface area contributed by atoms with Gasteiger partial charge in [0, 0.05) is 0 Å². The van der Waals surface area contributed by atoms with Crippen molar-refractivity contribution in [1.29, 1.82) is 0 Å². The number of rotatable bonds is 3. The summed E-state index contributed by atoms with van der Waals surface area (Å²) in [6, 6.07) is 0. The number of halogens is 1. The molecule has 2 nitrogen and oxygen atoms in total. The summed E-state index contributed by atoms with van der Waals surface area (Å²) in [5, 5.41) is 9.36. The smallest absolute Gasteiger partial charge is 0.306 e. The fraction of sp³-hybridized carbons (Fsp3) is 0.957. The Labute approximate surface area is 158 Å². The molecule has 4 saturated carbocycles. The van der Waals surface area contributed by atoms with Crippen LogP contribution in [0.3, 0.4) is 0 Å². The fourth-order valence-electron chi connectivity index (χ4n) is 8.23. The molecule has 0 spiro atoms. The molecular formula is C23H37FO2. The molecule has 0 heterocycles. The van der Waals surface area contributed by atoms with Crippen LogP contribution in [0.25, 0.3) is 0 Å². The van der Waals surface area contributed by atoms with Crippen molar-refractivity contribution in [1.82, 2.24) is 0 Å². The minimum Gasteiger partial charge on any atom is -0.481 e. The quantitative estimate of drug-likeness (QED) is 0.657. The highest BCUT2D eigenvalue weighted by molar-refractivity contribution is 5.69. The predicted octanol–water partition coefficient (Wildman–Crippen LogP) is 6.09. The molecule has 9 unspecified atom stereocenters. The summed E-state index contributed by atoms with van der Waals surface area (Å²) in [5.41, 5.74) is 0.520. The SMILES string of the molecule is CC(CC1CCC2C3C(F)CC4CCCCC4(C)C3CCC12C)C(=O)O. The number of carboxylic acid groups (broad SMARTS) is 1. The molecule has 4 aliphatic carbocycles. The van der Waals surface area contributed by atoms with Gasteiger partial charge in [-0.25, -0.2) is 4.39 Å². The van der Waals surface area contributed by atoms with Gasteiger partial charge in [-0.3, -0.25) is 4.79 Å². The van der Waals surface area contributed by atoms with Gasteiger partial charge in [0.1, 0.15) is 6.17 Å². The Morgan fingerprint density at radius 3 is 2.54 bits per heavy atom. The molecule has 0 aliphatic heterocycles. The zero-order valence-electron chi connectivity index (χ0n) is 16.8. The third kappa shape index (κ3) is 2.66. The summed E-state index contributed by atoms with van der Waals surface area (Å²) in [4.78, 5) is 11.4. The zero-order valence-corrected chi connectivity index (χ0v) is 16.8. The van der Waals surface area contributed by atoms with Crippen LogP contribution in [0.1, 0.15) is 85.0 Å². The van der Waals surface area contributed by atoms with Crippen LogP contribution in [0.4, 0.5) is 4.39 Å². The maximum absolute atomic E-state index is 15.5. The Balaban J connectivity index is 1.59. The first kappa shape index (κ1) is 18.7. The zero-order chi connectivity index (χ0) is 18.7. The number of hydrogen-bond donors (Lipinski definition) is 1. The van der Waals surface area contributed by atoms with Crippen LogP contribution in [0.5, 0.6) is 0 Å². The standard InChI is InChI=1S/C23H37FO2/c1-14(21(25)26)12-16-7-8-17-20-18(9-11-23(16,17)3)22(2)10-5-4-6-15(22)13-19(20)24/h14-20H,4-13H2,1-3H3,(H,25,26). The first-order valence-electron chi connectivity index (χ1n) is 11.1. The molecule has 4 rings (SSSR count). The van der Waals surface area contributed by atoms with Gasteiger partial charge in [-0.1, -0.05) is 33.6 Å². The molecule has 4 aliphatic rings. The van der Waals surface area contributed by atoms with Crippen LogP contribution >= 0.6 is 0 Å². The lowest BCUT2D eigenvalue weighted by Crippen LogP contribution is -2.56. The number of carbonyl (C=O) groups is 1. The highest BCUT2D eigenvalue weighted by Crippen LogP contribution is 2.68. The van der Waals surface area contributed by atoms with E-state index < -0.39 is 12.1 Å². The molecule has 0 bridgehead atoms. The third-order valence-electron chi connectivity index (χ3n) is 9.81. The van der Waals surface area contributed by atoms with Gasteiger partial charge in [-0.2, -0.15) is 0 Å². The van der Waals surface area contributed by atoms with Crippen LogP contribution in [-0.2, 0) is 4.79 Å². The second-order valence-corrected chi connectivity index (χ2v) is 10.8. The number of carboxylic acids is 1. The molecule has 0 aromatic heterocycles. The highest BCUT2D eigenvalue weighted by atomic mass is 19.1. The Kier molecular flexibility index (Phi) is 4.67. The average Bonchev–Trinajstić information content (AvgIpc) is 2.92. The van der Waals surface area contributed by atoms with E-state index in [1.165, 1.54) is 38.5 Å². The number of fused-ring (bicyclic) bond motifs is 5. The van der Waals surface area contributed by atoms with Gasteiger partial charge in [0.15, 0.2) is 0 Å². The van der Waals surface area contributed by atoms with Crippen LogP contribution < -0.4 is 0 Å². The van der Waals surface area contributed by atoms with Gasteiger partial charge >= 0.3 is 5.97 Å². The molecule has 4 fully saturated rings. The molecule has 0 aromatic rings. The van der Waals surface area contributed by atoms with E-state index in [0.29, 0.717) is 29.1 Å². The monoisotopic (exact) mass is 364 g/mol. The van der Waals surface area contributed by atoms with Crippen LogP contribution in [0.15, 0.2) is 0 Å². The van der Waals surface area contributed by atoms with Crippen LogP contribution in [-0.4, -0.2) is 17.2 Å². The minimum absolute atomic E-state index is 0.160. The summed E-state index contributed by atoms with van der Waals surface area (Å²) in [6.45, 7) is 6.71. The number of aliphatic carboxylic acids is 1. The largest absolute Gasteiger partial charge is 0.481 e. The van der Waals surface area contributed by atoms with Crippen molar-refractivity contribution >= 4 is 5.97 Å². The van der Waals surface area contributed by atoms with E-state index in [2.05, 4.69) is 13.8 Å². The number of alkyl halides is 1. The van der Waals surface area contributed by atoms with Crippen molar-refractivity contribution in [2.24, 2.45) is 46.3 Å². The molecule has 26 heavy (non-hydrogen) atoms. The molecule has 0 amide bonds. The maximum atomic E-state index is 15.5. The Morgan fingerprint density at radius 2 is 1.81 bits per heavy atom. The second kappa shape index (κ2) is 6.48. The Bertz CT molecular complexity index is 562. The summed E-state index contributed by atoms with van der Waals surface area (Å²) >= 11 is 0. The molecule has 0 aromatic carbocycles. The third-order valence-corrected chi connectivity index (χ3v) is 9.81. The van der Waals surface area contributed by atoms with Gasteiger partial charge in [0.2, 0.25) is 0 Å². The lowest BCUT2D eigenvalue weighted by molar-refractivity contribution is -0.148. The van der Waals surface area contributed by atoms with Gasteiger partial charge in [0.25, 0.3) is 0 Å². The van der Waals surface area contributed by atoms with Crippen molar-refractivity contribution < 1.29 is 14.3 Å². The normalized spacial score (nSPS) is 51.8. The van der Waals surface area contributed by atoms with Gasteiger partial charge in [0.05, 0.1) is 5.92 Å². The van der Waals surface area contributed by atoms with Crippen molar-refractivity contribution in [3.63, 3.8) is 0 Å². The molecule has 148 valence electrons. The van der Waals surface area contributed by atoms with Gasteiger partial charge in [-0.15, -0.1) is 0 Å². The Morgan fingerprint density at radius 1 is 1.08 bits per heavy atom. The van der Waals surface area contributed by atoms with Crippen molar-refractivity contribution in [3.8, 4) is 0 Å². The molecular weight excluding hydrogens is 327 g/mol. The number of hydrogen-bond acceptors (Lipinski definition) is 1. The van der Waals surface area contributed by atoms with E-state index >= 15 is 4.39 Å². The summed E-state index contributed by atoms with van der Waals surface area (Å²) < 4.78 is 15.5. The van der Waals surface area contributed by atoms with Crippen LogP contribution in [0, 0.1) is 46.3 Å². The molecule has 3 heteroatoms. The predicted molar refractivity (Wildman–Crippen MR) is 102 cm³/mol. The van der Waals surface area contributed by atoms with Crippen molar-refractivity contribution in [3.05, 3.63) is 0 Å². The lowest BCUT2D eigenvalue weighted by atomic mass is 9.44. The maximum Gasteiger partial charge on any atom is 0.306 e. The first-order chi connectivity index (χ1) is 12.3. The molecule has 1 N–H and O–H groups in total. The average molecular weight is 365 g/mol. The van der Waals surface area contributed by atoms with E-state index in [0.717, 1.165) is 25.7 Å². The lowest BCUT2D eigenvalue weighted by Gasteiger charge is -2.61. The molecule has 9 atom stereocenters. The van der Waals surface area contributed by atoms with Crippen molar-refractivity contribution in [2.45, 2.75) is 91.2 Å². The second-order valence-electron chi connectivity index (χ2n) is 10.8. The topological polar surface area (TPSA) is 37.3 Å². The van der Waals surface area contributed by atoms with Gasteiger partial charge in [-0.05, 0) is 91.8 Å². The fourth-order valence-corrected chi connectivity index (χ4v) is 8.23. The van der Waals surface area contributed by atoms with E-state index in [1.807, 2.05) is 6.92 Å².